The van der Waals surface area contributed by atoms with Crippen molar-refractivity contribution >= 4 is 17.2 Å². The van der Waals surface area contributed by atoms with Crippen LogP contribution in [0.15, 0.2) is 24.3 Å². The van der Waals surface area contributed by atoms with E-state index in [-0.39, 0.29) is 11.5 Å². The van der Waals surface area contributed by atoms with Gasteiger partial charge in [-0.1, -0.05) is 0 Å². The van der Waals surface area contributed by atoms with Crippen LogP contribution in [-0.2, 0) is 6.18 Å². The third-order valence-corrected chi connectivity index (χ3v) is 3.15. The zero-order chi connectivity index (χ0) is 13.3. The van der Waals surface area contributed by atoms with Crippen molar-refractivity contribution in [2.75, 3.05) is 5.73 Å². The number of halogens is 3. The Bertz CT molecular complexity index is 625. The van der Waals surface area contributed by atoms with Gasteiger partial charge >= 0.3 is 6.18 Å². The predicted octanol–water partition coefficient (Wildman–Crippen LogP) is 3.28. The van der Waals surface area contributed by atoms with E-state index in [1.54, 1.807) is 6.07 Å². The first-order valence-electron chi connectivity index (χ1n) is 4.75. The van der Waals surface area contributed by atoms with Crippen LogP contribution in [0.3, 0.4) is 0 Å². The summed E-state index contributed by atoms with van der Waals surface area (Å²) in [4.78, 5) is 4.73. The first-order valence-corrected chi connectivity index (χ1v) is 5.57. The zero-order valence-corrected chi connectivity index (χ0v) is 9.64. The third-order valence-electron chi connectivity index (χ3n) is 2.14. The highest BCUT2D eigenvalue weighted by atomic mass is 32.1. The van der Waals surface area contributed by atoms with Crippen LogP contribution in [0.4, 0.5) is 19.0 Å². The van der Waals surface area contributed by atoms with Gasteiger partial charge in [0.15, 0.2) is 0 Å². The fourth-order valence-electron chi connectivity index (χ4n) is 1.38. The molecule has 0 atom stereocenters. The molecule has 0 saturated heterocycles. The van der Waals surface area contributed by atoms with Crippen LogP contribution in [0, 0.1) is 11.3 Å². The lowest BCUT2D eigenvalue weighted by Gasteiger charge is -2.08. The topological polar surface area (TPSA) is 62.7 Å². The van der Waals surface area contributed by atoms with Crippen LogP contribution < -0.4 is 5.73 Å². The molecule has 2 aromatic heterocycles. The smallest absolute Gasteiger partial charge is 0.384 e. The Labute approximate surface area is 104 Å². The summed E-state index contributed by atoms with van der Waals surface area (Å²) in [5, 5.41) is 8.67. The van der Waals surface area contributed by atoms with Gasteiger partial charge in [0.25, 0.3) is 0 Å². The summed E-state index contributed by atoms with van der Waals surface area (Å²) in [6.45, 7) is 0. The lowest BCUT2D eigenvalue weighted by atomic mass is 10.2. The molecule has 3 nitrogen and oxygen atoms in total. The zero-order valence-electron chi connectivity index (χ0n) is 8.82. The van der Waals surface area contributed by atoms with Gasteiger partial charge in [-0.05, 0) is 24.3 Å². The fraction of sp³-hybridized carbons (Fsp3) is 0.0909. The number of aromatic nitrogens is 1. The van der Waals surface area contributed by atoms with E-state index in [2.05, 4.69) is 4.98 Å². The number of nitriles is 1. The molecule has 0 aliphatic rings. The van der Waals surface area contributed by atoms with Crippen LogP contribution >= 0.6 is 11.3 Å². The molecule has 0 amide bonds. The number of nitrogens with two attached hydrogens (primary N) is 1. The second kappa shape index (κ2) is 4.31. The maximum atomic E-state index is 12.6. The van der Waals surface area contributed by atoms with Gasteiger partial charge < -0.3 is 5.73 Å². The molecule has 0 aromatic carbocycles. The molecule has 18 heavy (non-hydrogen) atoms. The molecule has 0 unspecified atom stereocenters. The number of thiophene rings is 1. The van der Waals surface area contributed by atoms with Crippen molar-refractivity contribution in [3.63, 3.8) is 0 Å². The number of pyridine rings is 1. The van der Waals surface area contributed by atoms with Crippen LogP contribution in [-0.4, -0.2) is 4.98 Å². The monoisotopic (exact) mass is 269 g/mol. The molecule has 0 bridgehead atoms. The quantitative estimate of drug-likeness (QED) is 0.864. The molecular weight excluding hydrogens is 263 g/mol. The number of alkyl halides is 3. The minimum absolute atomic E-state index is 0.119. The van der Waals surface area contributed by atoms with Crippen LogP contribution in [0.2, 0.25) is 0 Å². The van der Waals surface area contributed by atoms with E-state index in [9.17, 15) is 13.2 Å². The largest absolute Gasteiger partial charge is 0.416 e. The Balaban J connectivity index is 2.52. The molecule has 0 aliphatic carbocycles. The molecule has 92 valence electrons. The Kier molecular flexibility index (Phi) is 2.97. The number of rotatable bonds is 1. The molecule has 0 radical (unpaired) electrons. The maximum Gasteiger partial charge on any atom is 0.416 e. The van der Waals surface area contributed by atoms with Gasteiger partial charge in [0, 0.05) is 0 Å². The minimum atomic E-state index is -4.47. The number of nitrogen functional groups attached to an aromatic ring is 1. The molecule has 2 rings (SSSR count). The first-order chi connectivity index (χ1) is 8.40. The van der Waals surface area contributed by atoms with Crippen molar-refractivity contribution < 1.29 is 13.2 Å². The van der Waals surface area contributed by atoms with Gasteiger partial charge in [0.1, 0.15) is 16.8 Å². The number of hydrogen-bond donors (Lipinski definition) is 1. The Hall–Kier alpha value is -2.07. The summed E-state index contributed by atoms with van der Waals surface area (Å²) in [6, 6.07) is 6.69. The number of nitrogens with zero attached hydrogens (tertiary/aromatic N) is 2. The predicted molar refractivity (Wildman–Crippen MR) is 61.7 cm³/mol. The summed E-state index contributed by atoms with van der Waals surface area (Å²) >= 11 is 1.07. The van der Waals surface area contributed by atoms with E-state index in [1.165, 1.54) is 6.07 Å². The standard InChI is InChI=1S/C11H6F3N3S/c12-11(13,14)6-3-8(17-10(16)4-6)9-2-1-7(5-15)18-9/h1-4H,(H2,16,17). The van der Waals surface area contributed by atoms with E-state index in [0.717, 1.165) is 23.5 Å². The molecule has 0 aliphatic heterocycles. The normalized spacial score (nSPS) is 11.2. The van der Waals surface area contributed by atoms with Crippen molar-refractivity contribution in [1.29, 1.82) is 5.26 Å². The van der Waals surface area contributed by atoms with Gasteiger partial charge in [-0.15, -0.1) is 11.3 Å². The highest BCUT2D eigenvalue weighted by Gasteiger charge is 2.31. The molecule has 0 fully saturated rings. The van der Waals surface area contributed by atoms with E-state index < -0.39 is 11.7 Å². The fourth-order valence-corrected chi connectivity index (χ4v) is 2.14. The Morgan fingerprint density at radius 1 is 1.28 bits per heavy atom. The van der Waals surface area contributed by atoms with E-state index in [0.29, 0.717) is 9.75 Å². The van der Waals surface area contributed by atoms with E-state index in [1.807, 2.05) is 6.07 Å². The van der Waals surface area contributed by atoms with Crippen molar-refractivity contribution in [2.45, 2.75) is 6.18 Å². The van der Waals surface area contributed by atoms with Crippen LogP contribution in [0.1, 0.15) is 10.4 Å². The number of anilines is 1. The van der Waals surface area contributed by atoms with E-state index in [4.69, 9.17) is 11.0 Å². The lowest BCUT2D eigenvalue weighted by molar-refractivity contribution is -0.137. The second-order valence-electron chi connectivity index (χ2n) is 3.44. The van der Waals surface area contributed by atoms with Crippen LogP contribution in [0.5, 0.6) is 0 Å². The van der Waals surface area contributed by atoms with Crippen molar-refractivity contribution in [2.24, 2.45) is 0 Å². The van der Waals surface area contributed by atoms with Gasteiger partial charge in [-0.3, -0.25) is 0 Å². The van der Waals surface area contributed by atoms with Crippen LogP contribution in [0.25, 0.3) is 10.6 Å². The molecular formula is C11H6F3N3S. The SMILES string of the molecule is N#Cc1ccc(-c2cc(C(F)(F)F)cc(N)n2)s1. The number of hydrogen-bond acceptors (Lipinski definition) is 4. The highest BCUT2D eigenvalue weighted by Crippen LogP contribution is 2.34. The second-order valence-corrected chi connectivity index (χ2v) is 4.52. The molecule has 2 N–H and O–H groups in total. The van der Waals surface area contributed by atoms with Crippen molar-refractivity contribution in [1.82, 2.24) is 4.98 Å². The van der Waals surface area contributed by atoms with Gasteiger partial charge in [0.05, 0.1) is 16.1 Å². The van der Waals surface area contributed by atoms with Gasteiger partial charge in [-0.25, -0.2) is 4.98 Å². The first kappa shape index (κ1) is 12.4. The Morgan fingerprint density at radius 3 is 2.56 bits per heavy atom. The average molecular weight is 269 g/mol. The summed E-state index contributed by atoms with van der Waals surface area (Å²) < 4.78 is 37.8. The van der Waals surface area contributed by atoms with Gasteiger partial charge in [0.2, 0.25) is 0 Å². The summed E-state index contributed by atoms with van der Waals surface area (Å²) in [6.07, 6.45) is -4.47. The molecule has 7 heteroatoms. The Morgan fingerprint density at radius 2 is 2.00 bits per heavy atom. The molecule has 2 heterocycles. The minimum Gasteiger partial charge on any atom is -0.384 e. The summed E-state index contributed by atoms with van der Waals surface area (Å²) in [5.74, 6) is -0.202. The molecule has 0 spiro atoms. The average Bonchev–Trinajstić information content (AvgIpc) is 2.75. The highest BCUT2D eigenvalue weighted by molar-refractivity contribution is 7.15. The maximum absolute atomic E-state index is 12.6. The van der Waals surface area contributed by atoms with Gasteiger partial charge in [-0.2, -0.15) is 18.4 Å². The van der Waals surface area contributed by atoms with Crippen molar-refractivity contribution in [3.8, 4) is 16.6 Å². The summed E-state index contributed by atoms with van der Waals surface area (Å²) in [7, 11) is 0. The van der Waals surface area contributed by atoms with Crippen molar-refractivity contribution in [3.05, 3.63) is 34.7 Å². The van der Waals surface area contributed by atoms with E-state index >= 15 is 0 Å². The molecule has 2 aromatic rings. The summed E-state index contributed by atoms with van der Waals surface area (Å²) in [5.41, 5.74) is 4.63. The third kappa shape index (κ3) is 2.43. The molecule has 0 saturated carbocycles. The lowest BCUT2D eigenvalue weighted by Crippen LogP contribution is -2.07.